The first-order chi connectivity index (χ1) is 5.65. The van der Waals surface area contributed by atoms with Gasteiger partial charge in [-0.2, -0.15) is 0 Å². The molecule has 0 radical (unpaired) electrons. The van der Waals surface area contributed by atoms with Crippen LogP contribution in [0.5, 0.6) is 0 Å². The molecular weight excluding hydrogens is 158 g/mol. The van der Waals surface area contributed by atoms with Gasteiger partial charge in [-0.25, -0.2) is 0 Å². The highest BCUT2D eigenvalue weighted by molar-refractivity contribution is 5.91. The topological polar surface area (TPSA) is 50.5 Å². The minimum Gasteiger partial charge on any atom is -0.448 e. The monoisotopic (exact) mass is 167 g/mol. The highest BCUT2D eigenvalue weighted by Crippen LogP contribution is 2.06. The van der Waals surface area contributed by atoms with Crippen LogP contribution in [0.25, 0.3) is 0 Å². The maximum absolute atomic E-state index is 11.2. The number of hydrogen-bond acceptors (Lipinski definition) is 3. The van der Waals surface area contributed by atoms with E-state index in [1.165, 1.54) is 17.0 Å². The zero-order chi connectivity index (χ0) is 9.14. The molecule has 0 aliphatic rings. The lowest BCUT2D eigenvalue weighted by molar-refractivity contribution is 0.0795. The Balaban J connectivity index is 2.89. The summed E-state index contributed by atoms with van der Waals surface area (Å²) < 4.78 is 4.90. The number of rotatable bonds is 2. The van der Waals surface area contributed by atoms with Crippen molar-refractivity contribution in [2.75, 3.05) is 14.1 Å². The van der Waals surface area contributed by atoms with E-state index < -0.39 is 0 Å². The summed E-state index contributed by atoms with van der Waals surface area (Å²) in [7, 11) is 3.23. The lowest BCUT2D eigenvalue weighted by Crippen LogP contribution is -2.20. The van der Waals surface area contributed by atoms with Gasteiger partial charge in [-0.1, -0.05) is 0 Å². The summed E-state index contributed by atoms with van der Waals surface area (Å²) in [4.78, 5) is 22.8. The van der Waals surface area contributed by atoms with Crippen molar-refractivity contribution in [2.45, 2.75) is 0 Å². The highest BCUT2D eigenvalue weighted by Gasteiger charge is 2.11. The molecule has 0 fully saturated rings. The zero-order valence-electron chi connectivity index (χ0n) is 6.90. The van der Waals surface area contributed by atoms with E-state index in [9.17, 15) is 9.59 Å². The molecule has 0 saturated heterocycles. The SMILES string of the molecule is CN(C)C(=O)c1ccc(C=O)o1. The van der Waals surface area contributed by atoms with Crippen LogP contribution >= 0.6 is 0 Å². The molecule has 64 valence electrons. The Kier molecular flexibility index (Phi) is 2.28. The lowest BCUT2D eigenvalue weighted by atomic mass is 10.4. The zero-order valence-corrected chi connectivity index (χ0v) is 6.90. The smallest absolute Gasteiger partial charge is 0.289 e. The first-order valence-electron chi connectivity index (χ1n) is 3.42. The second-order valence-corrected chi connectivity index (χ2v) is 2.52. The molecule has 1 amide bonds. The minimum absolute atomic E-state index is 0.167. The number of nitrogens with zero attached hydrogens (tertiary/aromatic N) is 1. The van der Waals surface area contributed by atoms with Gasteiger partial charge in [0.25, 0.3) is 5.91 Å². The maximum Gasteiger partial charge on any atom is 0.289 e. The predicted molar refractivity (Wildman–Crippen MR) is 42.1 cm³/mol. The van der Waals surface area contributed by atoms with E-state index >= 15 is 0 Å². The molecule has 4 heteroatoms. The Morgan fingerprint density at radius 2 is 2.17 bits per heavy atom. The fraction of sp³-hybridized carbons (Fsp3) is 0.250. The van der Waals surface area contributed by atoms with E-state index in [0.717, 1.165) is 0 Å². The molecule has 1 aromatic heterocycles. The fourth-order valence-corrected chi connectivity index (χ4v) is 0.751. The Morgan fingerprint density at radius 3 is 2.58 bits per heavy atom. The molecule has 12 heavy (non-hydrogen) atoms. The molecule has 1 heterocycles. The standard InChI is InChI=1S/C8H9NO3/c1-9(2)8(11)7-4-3-6(5-10)12-7/h3-5H,1-2H3. The largest absolute Gasteiger partial charge is 0.448 e. The first-order valence-corrected chi connectivity index (χ1v) is 3.42. The van der Waals surface area contributed by atoms with Crippen LogP contribution in [0.4, 0.5) is 0 Å². The first kappa shape index (κ1) is 8.52. The van der Waals surface area contributed by atoms with Crippen molar-refractivity contribution in [1.82, 2.24) is 4.90 Å². The van der Waals surface area contributed by atoms with Gasteiger partial charge in [0.05, 0.1) is 0 Å². The van der Waals surface area contributed by atoms with Crippen LogP contribution in [0.2, 0.25) is 0 Å². The molecule has 0 aliphatic carbocycles. The van der Waals surface area contributed by atoms with Gasteiger partial charge >= 0.3 is 0 Å². The molecule has 0 aromatic carbocycles. The van der Waals surface area contributed by atoms with Gasteiger partial charge in [-0.05, 0) is 12.1 Å². The van der Waals surface area contributed by atoms with Crippen LogP contribution < -0.4 is 0 Å². The Morgan fingerprint density at radius 1 is 1.50 bits per heavy atom. The molecule has 0 atom stereocenters. The number of aldehydes is 1. The van der Waals surface area contributed by atoms with Gasteiger partial charge < -0.3 is 9.32 Å². The summed E-state index contributed by atoms with van der Waals surface area (Å²) in [6, 6.07) is 2.94. The molecule has 1 rings (SSSR count). The summed E-state index contributed by atoms with van der Waals surface area (Å²) in [6.45, 7) is 0. The van der Waals surface area contributed by atoms with Crippen molar-refractivity contribution in [3.05, 3.63) is 23.7 Å². The van der Waals surface area contributed by atoms with Crippen LogP contribution in [0, 0.1) is 0 Å². The summed E-state index contributed by atoms with van der Waals surface area (Å²) >= 11 is 0. The quantitative estimate of drug-likeness (QED) is 0.612. The van der Waals surface area contributed by atoms with Crippen molar-refractivity contribution in [3.8, 4) is 0 Å². The van der Waals surface area contributed by atoms with Gasteiger partial charge in [0.2, 0.25) is 0 Å². The molecular formula is C8H9NO3. The second kappa shape index (κ2) is 3.21. The van der Waals surface area contributed by atoms with Crippen LogP contribution in [0.15, 0.2) is 16.5 Å². The third-order valence-electron chi connectivity index (χ3n) is 1.36. The summed E-state index contributed by atoms with van der Waals surface area (Å²) in [5.74, 6) is 0.102. The molecule has 0 N–H and O–H groups in total. The van der Waals surface area contributed by atoms with Gasteiger partial charge in [0.15, 0.2) is 17.8 Å². The van der Waals surface area contributed by atoms with Crippen molar-refractivity contribution in [1.29, 1.82) is 0 Å². The predicted octanol–water partition coefficient (Wildman–Crippen LogP) is 0.794. The third kappa shape index (κ3) is 1.53. The molecule has 0 saturated carbocycles. The Bertz CT molecular complexity index is 301. The van der Waals surface area contributed by atoms with E-state index in [1.54, 1.807) is 14.1 Å². The van der Waals surface area contributed by atoms with Crippen LogP contribution in [-0.4, -0.2) is 31.2 Å². The summed E-state index contributed by atoms with van der Waals surface area (Å²) in [6.07, 6.45) is 0.562. The highest BCUT2D eigenvalue weighted by atomic mass is 16.4. The minimum atomic E-state index is -0.247. The van der Waals surface area contributed by atoms with E-state index in [0.29, 0.717) is 6.29 Å². The number of furan rings is 1. The molecule has 4 nitrogen and oxygen atoms in total. The second-order valence-electron chi connectivity index (χ2n) is 2.52. The summed E-state index contributed by atoms with van der Waals surface area (Å²) in [5.41, 5.74) is 0. The molecule has 0 unspecified atom stereocenters. The van der Waals surface area contributed by atoms with Gasteiger partial charge in [0.1, 0.15) is 0 Å². The van der Waals surface area contributed by atoms with E-state index in [2.05, 4.69) is 0 Å². The van der Waals surface area contributed by atoms with Crippen molar-refractivity contribution in [2.24, 2.45) is 0 Å². The summed E-state index contributed by atoms with van der Waals surface area (Å²) in [5, 5.41) is 0. The van der Waals surface area contributed by atoms with Crippen LogP contribution in [0.3, 0.4) is 0 Å². The van der Waals surface area contributed by atoms with Crippen molar-refractivity contribution >= 4 is 12.2 Å². The number of carbonyl (C=O) groups is 2. The number of carbonyl (C=O) groups excluding carboxylic acids is 2. The lowest BCUT2D eigenvalue weighted by Gasteiger charge is -2.06. The van der Waals surface area contributed by atoms with Gasteiger partial charge in [0, 0.05) is 14.1 Å². The maximum atomic E-state index is 11.2. The third-order valence-corrected chi connectivity index (χ3v) is 1.36. The number of hydrogen-bond donors (Lipinski definition) is 0. The Hall–Kier alpha value is -1.58. The van der Waals surface area contributed by atoms with E-state index in [4.69, 9.17) is 4.42 Å². The average Bonchev–Trinajstić information content (AvgIpc) is 2.50. The van der Waals surface area contributed by atoms with Crippen LogP contribution in [-0.2, 0) is 0 Å². The van der Waals surface area contributed by atoms with Crippen molar-refractivity contribution in [3.63, 3.8) is 0 Å². The molecule has 1 aromatic rings. The normalized spacial score (nSPS) is 9.50. The van der Waals surface area contributed by atoms with Gasteiger partial charge in [-0.3, -0.25) is 9.59 Å². The molecule has 0 aliphatic heterocycles. The average molecular weight is 167 g/mol. The van der Waals surface area contributed by atoms with Crippen LogP contribution in [0.1, 0.15) is 21.1 Å². The van der Waals surface area contributed by atoms with Gasteiger partial charge in [-0.15, -0.1) is 0 Å². The van der Waals surface area contributed by atoms with E-state index in [-0.39, 0.29) is 17.4 Å². The van der Waals surface area contributed by atoms with E-state index in [1.807, 2.05) is 0 Å². The fourth-order valence-electron chi connectivity index (χ4n) is 0.751. The molecule has 0 bridgehead atoms. The Labute approximate surface area is 69.8 Å². The molecule has 0 spiro atoms. The number of amides is 1. The van der Waals surface area contributed by atoms with Crippen molar-refractivity contribution < 1.29 is 14.0 Å².